The molecule has 0 bridgehead atoms. The van der Waals surface area contributed by atoms with Crippen LogP contribution in [0, 0.1) is 35.0 Å². The minimum atomic E-state index is -0.891. The first kappa shape index (κ1) is 35.1. The Labute approximate surface area is 305 Å². The number of carbonyl (C=O) groups is 2. The van der Waals surface area contributed by atoms with Crippen LogP contribution in [0.4, 0.5) is 0 Å². The number of hydrogen-bond donors (Lipinski definition) is 4. The normalized spacial score (nSPS) is 31.2. The molecule has 5 aliphatic rings. The Bertz CT molecular complexity index is 1860. The van der Waals surface area contributed by atoms with E-state index in [-0.39, 0.29) is 30.5 Å². The minimum absolute atomic E-state index is 0.174. The molecule has 2 aliphatic heterocycles. The SMILES string of the molecule is COc1c(CN2O[C@@H](CO)[C@H]([C@H](C)O)[C@H]2C(=O)N[C@@]23C[C@H]4C2[C@@H]([C@@H]3C)C4(C)C)cccc1-c1cc2c(c(C(=O)NCCc3ccccc3)c1)OCC2. The molecule has 276 valence electrons. The van der Waals surface area contributed by atoms with Crippen LogP contribution >= 0.6 is 0 Å². The van der Waals surface area contributed by atoms with E-state index in [0.717, 1.165) is 40.7 Å². The Balaban J connectivity index is 1.06. The minimum Gasteiger partial charge on any atom is -0.496 e. The molecule has 4 N–H and O–H groups in total. The highest BCUT2D eigenvalue weighted by Crippen LogP contribution is 2.81. The molecule has 3 aliphatic carbocycles. The molecule has 9 atom stereocenters. The second-order valence-electron chi connectivity index (χ2n) is 16.3. The molecule has 2 amide bonds. The van der Waals surface area contributed by atoms with Crippen LogP contribution in [-0.4, -0.2) is 77.7 Å². The van der Waals surface area contributed by atoms with Gasteiger partial charge in [0.15, 0.2) is 0 Å². The summed E-state index contributed by atoms with van der Waals surface area (Å²) in [6.45, 7) is 9.46. The van der Waals surface area contributed by atoms with Gasteiger partial charge in [0.25, 0.3) is 5.91 Å². The van der Waals surface area contributed by atoms with Crippen LogP contribution in [0.5, 0.6) is 11.5 Å². The topological polar surface area (TPSA) is 130 Å². The molecule has 2 heterocycles. The molecule has 10 heteroatoms. The molecule has 0 radical (unpaired) electrons. The van der Waals surface area contributed by atoms with Crippen LogP contribution in [0.2, 0.25) is 0 Å². The van der Waals surface area contributed by atoms with E-state index in [2.05, 4.69) is 37.5 Å². The van der Waals surface area contributed by atoms with Gasteiger partial charge in [0.2, 0.25) is 5.91 Å². The largest absolute Gasteiger partial charge is 0.496 e. The lowest BCUT2D eigenvalue weighted by Crippen LogP contribution is -2.90. The smallest absolute Gasteiger partial charge is 0.255 e. The van der Waals surface area contributed by atoms with Crippen LogP contribution in [-0.2, 0) is 29.0 Å². The quantitative estimate of drug-likeness (QED) is 0.216. The van der Waals surface area contributed by atoms with Crippen molar-refractivity contribution in [2.75, 3.05) is 26.9 Å². The van der Waals surface area contributed by atoms with Crippen molar-refractivity contribution in [3.05, 3.63) is 82.9 Å². The lowest BCUT2D eigenvalue weighted by atomic mass is 9.21. The van der Waals surface area contributed by atoms with Crippen LogP contribution in [0.25, 0.3) is 11.1 Å². The molecule has 10 nitrogen and oxygen atoms in total. The first-order valence-corrected chi connectivity index (χ1v) is 18.8. The Kier molecular flexibility index (Phi) is 8.88. The highest BCUT2D eigenvalue weighted by atomic mass is 16.7. The van der Waals surface area contributed by atoms with Gasteiger partial charge in [-0.15, -0.1) is 0 Å². The first-order chi connectivity index (χ1) is 25.0. The van der Waals surface area contributed by atoms with Crippen molar-refractivity contribution in [3.63, 3.8) is 0 Å². The summed E-state index contributed by atoms with van der Waals surface area (Å²) in [5.41, 5.74) is 5.07. The molecule has 3 aromatic carbocycles. The predicted octanol–water partition coefficient (Wildman–Crippen LogP) is 4.54. The molecular formula is C42H51N3O7. The van der Waals surface area contributed by atoms with Gasteiger partial charge in [-0.1, -0.05) is 69.3 Å². The molecule has 1 unspecified atom stereocenters. The summed E-state index contributed by atoms with van der Waals surface area (Å²) < 4.78 is 12.0. The number of amides is 2. The summed E-state index contributed by atoms with van der Waals surface area (Å²) in [7, 11) is 1.61. The third kappa shape index (κ3) is 5.36. The molecule has 1 saturated heterocycles. The van der Waals surface area contributed by atoms with Crippen molar-refractivity contribution >= 4 is 11.8 Å². The number of methoxy groups -OCH3 is 1. The van der Waals surface area contributed by atoms with Gasteiger partial charge in [-0.25, -0.2) is 0 Å². The number of hydrogen-bond acceptors (Lipinski definition) is 8. The fourth-order valence-corrected chi connectivity index (χ4v) is 10.8. The van der Waals surface area contributed by atoms with E-state index in [9.17, 15) is 19.8 Å². The number of nitrogens with one attached hydrogen (secondary N) is 2. The van der Waals surface area contributed by atoms with Crippen LogP contribution < -0.4 is 20.1 Å². The third-order valence-corrected chi connectivity index (χ3v) is 13.4. The molecule has 0 spiro atoms. The van der Waals surface area contributed by atoms with Crippen molar-refractivity contribution < 1.29 is 34.1 Å². The maximum Gasteiger partial charge on any atom is 0.255 e. The van der Waals surface area contributed by atoms with Gasteiger partial charge in [0.1, 0.15) is 23.6 Å². The number of hydroxylamine groups is 2. The van der Waals surface area contributed by atoms with Crippen molar-refractivity contribution in [2.45, 2.75) is 77.3 Å². The van der Waals surface area contributed by atoms with E-state index >= 15 is 0 Å². The predicted molar refractivity (Wildman–Crippen MR) is 195 cm³/mol. The first-order valence-electron chi connectivity index (χ1n) is 18.8. The average Bonchev–Trinajstić information content (AvgIpc) is 3.76. The van der Waals surface area contributed by atoms with E-state index in [1.165, 1.54) is 0 Å². The standard InChI is InChI=1S/C42H51N3O7/c1-23-34-35-31(41(34,3)4)20-42(23,35)44-40(49)36-33(24(2)47)32(22-46)52-45(36)21-27-12-9-13-29(37(27)50-5)28-18-26-15-17-51-38(26)30(19-28)39(48)43-16-14-25-10-7-6-8-11-25/h6-13,18-19,23-24,31-36,46-47H,14-17,20-22H2,1-5H3,(H,43,48)(H,44,49)/t23-,24-,31-,32-,33-,34+,35?,36-,42+/m0/s1. The lowest BCUT2D eigenvalue weighted by molar-refractivity contribution is -0.349. The number of para-hydroxylation sites is 1. The molecular weight excluding hydrogens is 658 g/mol. The van der Waals surface area contributed by atoms with Crippen molar-refractivity contribution in [2.24, 2.45) is 35.0 Å². The van der Waals surface area contributed by atoms with E-state index < -0.39 is 24.2 Å². The van der Waals surface area contributed by atoms with Gasteiger partial charge in [-0.2, -0.15) is 5.06 Å². The van der Waals surface area contributed by atoms with Crippen LogP contribution in [0.15, 0.2) is 60.7 Å². The Morgan fingerprint density at radius 3 is 2.58 bits per heavy atom. The molecule has 52 heavy (non-hydrogen) atoms. The molecule has 4 fully saturated rings. The van der Waals surface area contributed by atoms with Crippen molar-refractivity contribution in [3.8, 4) is 22.6 Å². The van der Waals surface area contributed by atoms with E-state index in [1.54, 1.807) is 19.1 Å². The zero-order valence-electron chi connectivity index (χ0n) is 30.7. The van der Waals surface area contributed by atoms with E-state index in [1.807, 2.05) is 54.6 Å². The maximum atomic E-state index is 14.3. The Morgan fingerprint density at radius 2 is 1.88 bits per heavy atom. The number of ether oxygens (including phenoxy) is 2. The van der Waals surface area contributed by atoms with Gasteiger partial charge >= 0.3 is 0 Å². The third-order valence-electron chi connectivity index (χ3n) is 13.4. The number of rotatable bonds is 12. The second-order valence-corrected chi connectivity index (χ2v) is 16.3. The molecule has 0 aromatic heterocycles. The maximum absolute atomic E-state index is 14.3. The summed E-state index contributed by atoms with van der Waals surface area (Å²) in [5.74, 6) is 2.32. The van der Waals surface area contributed by atoms with E-state index in [0.29, 0.717) is 65.7 Å². The van der Waals surface area contributed by atoms with Crippen molar-refractivity contribution in [1.82, 2.24) is 15.7 Å². The van der Waals surface area contributed by atoms with Gasteiger partial charge in [-0.05, 0) is 77.7 Å². The second kappa shape index (κ2) is 13.2. The number of aliphatic hydroxyl groups excluding tert-OH is 2. The zero-order chi connectivity index (χ0) is 36.5. The average molecular weight is 710 g/mol. The molecule has 8 rings (SSSR count). The summed E-state index contributed by atoms with van der Waals surface area (Å²) in [5, 5.41) is 29.4. The van der Waals surface area contributed by atoms with Crippen molar-refractivity contribution in [1.29, 1.82) is 0 Å². The zero-order valence-corrected chi connectivity index (χ0v) is 30.7. The number of aliphatic hydroxyl groups is 2. The highest BCUT2D eigenvalue weighted by Gasteiger charge is 2.83. The molecule has 3 aromatic rings. The fraction of sp³-hybridized carbons (Fsp3) is 0.524. The lowest BCUT2D eigenvalue weighted by Gasteiger charge is -2.86. The van der Waals surface area contributed by atoms with Crippen LogP contribution in [0.1, 0.15) is 61.2 Å². The van der Waals surface area contributed by atoms with Gasteiger partial charge in [0, 0.05) is 35.5 Å². The summed E-state index contributed by atoms with van der Waals surface area (Å²) in [6.07, 6.45) is 0.745. The number of carbonyl (C=O) groups excluding carboxylic acids is 2. The van der Waals surface area contributed by atoms with Gasteiger partial charge < -0.3 is 30.3 Å². The highest BCUT2D eigenvalue weighted by molar-refractivity contribution is 5.99. The molecule has 3 saturated carbocycles. The number of benzene rings is 3. The summed E-state index contributed by atoms with van der Waals surface area (Å²) >= 11 is 0. The fourth-order valence-electron chi connectivity index (χ4n) is 10.8. The van der Waals surface area contributed by atoms with Crippen LogP contribution in [0.3, 0.4) is 0 Å². The monoisotopic (exact) mass is 709 g/mol. The van der Waals surface area contributed by atoms with E-state index in [4.69, 9.17) is 14.3 Å². The number of nitrogens with zero attached hydrogens (tertiary/aromatic N) is 1. The Hall–Kier alpha value is -3.96. The summed E-state index contributed by atoms with van der Waals surface area (Å²) in [6, 6.07) is 19.0. The Morgan fingerprint density at radius 1 is 1.10 bits per heavy atom. The summed E-state index contributed by atoms with van der Waals surface area (Å²) in [4.78, 5) is 34.2. The van der Waals surface area contributed by atoms with Gasteiger partial charge in [0.05, 0.1) is 38.5 Å². The number of fused-ring (bicyclic) bond motifs is 1. The van der Waals surface area contributed by atoms with Gasteiger partial charge in [-0.3, -0.25) is 14.4 Å².